The van der Waals surface area contributed by atoms with Crippen LogP contribution in [0.25, 0.3) is 0 Å². The van der Waals surface area contributed by atoms with Crippen LogP contribution in [0.2, 0.25) is 0 Å². The van der Waals surface area contributed by atoms with E-state index in [-0.39, 0.29) is 13.2 Å². The Hall–Kier alpha value is -2.09. The average molecular weight is 275 g/mol. The summed E-state index contributed by atoms with van der Waals surface area (Å²) in [5, 5.41) is 10.4. The zero-order valence-electron chi connectivity index (χ0n) is 10.0. The number of nitro groups is 1. The SMILES string of the molecule is CCOCCOC(=O)c1cc(F)c([N+](=O)[O-])cc1F. The van der Waals surface area contributed by atoms with E-state index < -0.39 is 33.8 Å². The predicted octanol–water partition coefficient (Wildman–Crippen LogP) is 2.07. The van der Waals surface area contributed by atoms with Crippen molar-refractivity contribution in [3.8, 4) is 0 Å². The minimum Gasteiger partial charge on any atom is -0.460 e. The van der Waals surface area contributed by atoms with Crippen molar-refractivity contribution in [1.82, 2.24) is 0 Å². The van der Waals surface area contributed by atoms with Gasteiger partial charge in [-0.25, -0.2) is 9.18 Å². The molecule has 0 heterocycles. The second kappa shape index (κ2) is 6.74. The van der Waals surface area contributed by atoms with Gasteiger partial charge in [-0.3, -0.25) is 10.1 Å². The van der Waals surface area contributed by atoms with E-state index in [1.165, 1.54) is 0 Å². The van der Waals surface area contributed by atoms with Crippen LogP contribution in [0, 0.1) is 21.7 Å². The fraction of sp³-hybridized carbons (Fsp3) is 0.364. The first-order chi connectivity index (χ1) is 8.97. The Bertz CT molecular complexity index is 492. The summed E-state index contributed by atoms with van der Waals surface area (Å²) in [7, 11) is 0. The summed E-state index contributed by atoms with van der Waals surface area (Å²) >= 11 is 0. The summed E-state index contributed by atoms with van der Waals surface area (Å²) < 4.78 is 36.2. The van der Waals surface area contributed by atoms with E-state index in [9.17, 15) is 23.7 Å². The monoisotopic (exact) mass is 275 g/mol. The van der Waals surface area contributed by atoms with Crippen LogP contribution in [0.1, 0.15) is 17.3 Å². The highest BCUT2D eigenvalue weighted by Gasteiger charge is 2.22. The third-order valence-corrected chi connectivity index (χ3v) is 2.12. The minimum absolute atomic E-state index is 0.120. The van der Waals surface area contributed by atoms with Crippen molar-refractivity contribution in [2.45, 2.75) is 6.92 Å². The van der Waals surface area contributed by atoms with Crippen molar-refractivity contribution >= 4 is 11.7 Å². The van der Waals surface area contributed by atoms with Gasteiger partial charge < -0.3 is 9.47 Å². The van der Waals surface area contributed by atoms with Gasteiger partial charge in [0.05, 0.1) is 23.2 Å². The number of rotatable bonds is 6. The highest BCUT2D eigenvalue weighted by Crippen LogP contribution is 2.21. The number of carbonyl (C=O) groups excluding carboxylic acids is 1. The standard InChI is InChI=1S/C11H11F2NO5/c1-2-18-3-4-19-11(15)7-5-9(13)10(14(16)17)6-8(7)12/h5-6H,2-4H2,1H3. The molecule has 0 aliphatic carbocycles. The molecule has 8 heteroatoms. The molecule has 0 saturated carbocycles. The van der Waals surface area contributed by atoms with E-state index in [2.05, 4.69) is 4.74 Å². The van der Waals surface area contributed by atoms with Gasteiger partial charge in [0.2, 0.25) is 5.82 Å². The van der Waals surface area contributed by atoms with Crippen molar-refractivity contribution in [2.24, 2.45) is 0 Å². The van der Waals surface area contributed by atoms with E-state index >= 15 is 0 Å². The summed E-state index contributed by atoms with van der Waals surface area (Å²) in [5.74, 6) is -3.62. The summed E-state index contributed by atoms with van der Waals surface area (Å²) in [6.07, 6.45) is 0. The third-order valence-electron chi connectivity index (χ3n) is 2.12. The quantitative estimate of drug-likeness (QED) is 0.343. The Morgan fingerprint density at radius 2 is 2.00 bits per heavy atom. The number of nitrogens with zero attached hydrogens (tertiary/aromatic N) is 1. The minimum atomic E-state index is -1.30. The molecule has 0 saturated heterocycles. The van der Waals surface area contributed by atoms with Gasteiger partial charge in [0.1, 0.15) is 12.4 Å². The maximum Gasteiger partial charge on any atom is 0.341 e. The molecule has 0 aromatic heterocycles. The largest absolute Gasteiger partial charge is 0.460 e. The van der Waals surface area contributed by atoms with Crippen molar-refractivity contribution < 1.29 is 28.0 Å². The molecule has 0 radical (unpaired) electrons. The Morgan fingerprint density at radius 1 is 1.32 bits per heavy atom. The van der Waals surface area contributed by atoms with E-state index in [0.29, 0.717) is 18.7 Å². The van der Waals surface area contributed by atoms with Gasteiger partial charge in [0.25, 0.3) is 0 Å². The first kappa shape index (κ1) is 15.0. The number of ether oxygens (including phenoxy) is 2. The van der Waals surface area contributed by atoms with Crippen molar-refractivity contribution in [3.63, 3.8) is 0 Å². The molecule has 0 amide bonds. The van der Waals surface area contributed by atoms with Crippen molar-refractivity contribution in [2.75, 3.05) is 19.8 Å². The van der Waals surface area contributed by atoms with E-state index in [1.54, 1.807) is 6.92 Å². The number of benzene rings is 1. The Labute approximate surface area is 107 Å². The molecule has 104 valence electrons. The predicted molar refractivity (Wildman–Crippen MR) is 59.8 cm³/mol. The lowest BCUT2D eigenvalue weighted by Gasteiger charge is -2.06. The van der Waals surface area contributed by atoms with Crippen LogP contribution in [0.4, 0.5) is 14.5 Å². The second-order valence-corrected chi connectivity index (χ2v) is 3.37. The molecule has 0 unspecified atom stereocenters. The molecular formula is C11H11F2NO5. The van der Waals surface area contributed by atoms with E-state index in [1.807, 2.05) is 0 Å². The van der Waals surface area contributed by atoms with Crippen LogP contribution in [0.15, 0.2) is 12.1 Å². The molecule has 0 aliphatic rings. The van der Waals surface area contributed by atoms with Gasteiger partial charge in [0, 0.05) is 6.61 Å². The van der Waals surface area contributed by atoms with Crippen LogP contribution < -0.4 is 0 Å². The van der Waals surface area contributed by atoms with Crippen molar-refractivity contribution in [3.05, 3.63) is 39.4 Å². The van der Waals surface area contributed by atoms with Gasteiger partial charge in [-0.1, -0.05) is 0 Å². The van der Waals surface area contributed by atoms with Gasteiger partial charge in [0.15, 0.2) is 0 Å². The Balaban J connectivity index is 2.81. The van der Waals surface area contributed by atoms with E-state index in [0.717, 1.165) is 0 Å². The maximum atomic E-state index is 13.4. The third kappa shape index (κ3) is 3.95. The first-order valence-electron chi connectivity index (χ1n) is 5.35. The molecule has 0 aliphatic heterocycles. The van der Waals surface area contributed by atoms with Gasteiger partial charge in [-0.05, 0) is 13.0 Å². The smallest absolute Gasteiger partial charge is 0.341 e. The molecule has 19 heavy (non-hydrogen) atoms. The molecular weight excluding hydrogens is 264 g/mol. The Morgan fingerprint density at radius 3 is 2.58 bits per heavy atom. The maximum absolute atomic E-state index is 13.4. The van der Waals surface area contributed by atoms with Gasteiger partial charge in [-0.15, -0.1) is 0 Å². The molecule has 1 aromatic rings. The van der Waals surface area contributed by atoms with Crippen LogP contribution >= 0.6 is 0 Å². The zero-order chi connectivity index (χ0) is 14.4. The summed E-state index contributed by atoms with van der Waals surface area (Å²) in [4.78, 5) is 20.7. The average Bonchev–Trinajstić information content (AvgIpc) is 2.36. The molecule has 0 spiro atoms. The number of nitro benzene ring substituents is 1. The molecule has 1 rings (SSSR count). The molecule has 6 nitrogen and oxygen atoms in total. The summed E-state index contributed by atoms with van der Waals surface area (Å²) in [6.45, 7) is 2.18. The van der Waals surface area contributed by atoms with E-state index in [4.69, 9.17) is 4.74 Å². The molecule has 0 N–H and O–H groups in total. The fourth-order valence-electron chi connectivity index (χ4n) is 1.25. The normalized spacial score (nSPS) is 10.3. The number of halogens is 2. The lowest BCUT2D eigenvalue weighted by Crippen LogP contribution is -2.13. The lowest BCUT2D eigenvalue weighted by atomic mass is 10.2. The second-order valence-electron chi connectivity index (χ2n) is 3.37. The molecule has 0 bridgehead atoms. The van der Waals surface area contributed by atoms with Crippen molar-refractivity contribution in [1.29, 1.82) is 0 Å². The Kier molecular flexibility index (Phi) is 5.31. The summed E-state index contributed by atoms with van der Waals surface area (Å²) in [5.41, 5.74) is -1.73. The summed E-state index contributed by atoms with van der Waals surface area (Å²) in [6, 6.07) is 0.783. The zero-order valence-corrected chi connectivity index (χ0v) is 10.0. The lowest BCUT2D eigenvalue weighted by molar-refractivity contribution is -0.387. The highest BCUT2D eigenvalue weighted by molar-refractivity contribution is 5.90. The van der Waals surface area contributed by atoms with Crippen LogP contribution in [0.3, 0.4) is 0 Å². The van der Waals surface area contributed by atoms with Gasteiger partial charge in [-0.2, -0.15) is 4.39 Å². The number of esters is 1. The highest BCUT2D eigenvalue weighted by atomic mass is 19.1. The van der Waals surface area contributed by atoms with Crippen LogP contribution in [0.5, 0.6) is 0 Å². The molecule has 1 aromatic carbocycles. The number of carbonyl (C=O) groups is 1. The molecule has 0 fully saturated rings. The molecule has 0 atom stereocenters. The fourth-order valence-corrected chi connectivity index (χ4v) is 1.25. The van der Waals surface area contributed by atoms with Crippen LogP contribution in [-0.4, -0.2) is 30.7 Å². The topological polar surface area (TPSA) is 78.7 Å². The van der Waals surface area contributed by atoms with Gasteiger partial charge >= 0.3 is 11.7 Å². The number of hydrogen-bond donors (Lipinski definition) is 0. The van der Waals surface area contributed by atoms with Crippen LogP contribution in [-0.2, 0) is 9.47 Å². The first-order valence-corrected chi connectivity index (χ1v) is 5.35. The number of hydrogen-bond acceptors (Lipinski definition) is 5.